The fourth-order valence-electron chi connectivity index (χ4n) is 1.42. The summed E-state index contributed by atoms with van der Waals surface area (Å²) in [5, 5.41) is 6.33. The maximum Gasteiger partial charge on any atom is 0.232 e. The topological polar surface area (TPSA) is 64.0 Å². The summed E-state index contributed by atoms with van der Waals surface area (Å²) >= 11 is 2.15. The first-order chi connectivity index (χ1) is 6.65. The molecule has 1 N–H and O–H groups in total. The van der Waals surface area contributed by atoms with Crippen LogP contribution in [0.5, 0.6) is 0 Å². The third kappa shape index (κ3) is 1.94. The summed E-state index contributed by atoms with van der Waals surface area (Å²) in [6.45, 7) is 0.473. The molecule has 0 radical (unpaired) electrons. The van der Waals surface area contributed by atoms with Crippen LogP contribution in [0.25, 0.3) is 0 Å². The minimum absolute atomic E-state index is 0.193. The lowest BCUT2D eigenvalue weighted by Gasteiger charge is -2.04. The minimum Gasteiger partial charge on any atom is -0.296 e. The first-order valence-corrected chi connectivity index (χ1v) is 5.24. The second-order valence-electron chi connectivity index (χ2n) is 3.19. The molecule has 1 aromatic heterocycles. The summed E-state index contributed by atoms with van der Waals surface area (Å²) in [7, 11) is 0. The number of carbonyl (C=O) groups excluding carboxylic acids is 2. The van der Waals surface area contributed by atoms with Gasteiger partial charge in [0.2, 0.25) is 11.8 Å². The van der Waals surface area contributed by atoms with E-state index in [-0.39, 0.29) is 24.2 Å². The summed E-state index contributed by atoms with van der Waals surface area (Å²) in [6, 6.07) is 0. The third-order valence-electron chi connectivity index (χ3n) is 2.07. The second kappa shape index (κ2) is 3.68. The number of hydrogen-bond acceptors (Lipinski definition) is 3. The number of nitrogens with one attached hydrogen (secondary N) is 1. The highest BCUT2D eigenvalue weighted by Crippen LogP contribution is 2.13. The van der Waals surface area contributed by atoms with Crippen LogP contribution in [0.15, 0.2) is 12.4 Å². The predicted molar refractivity (Wildman–Crippen MR) is 56.2 cm³/mol. The number of hydrogen-bond donors (Lipinski definition) is 1. The van der Waals surface area contributed by atoms with E-state index in [1.165, 1.54) is 0 Å². The summed E-state index contributed by atoms with van der Waals surface area (Å²) in [5.74, 6) is -0.652. The number of aromatic nitrogens is 2. The van der Waals surface area contributed by atoms with E-state index >= 15 is 0 Å². The summed E-state index contributed by atoms with van der Waals surface area (Å²) in [4.78, 5) is 22.1. The van der Waals surface area contributed by atoms with Crippen LogP contribution in [0.4, 0.5) is 0 Å². The van der Waals surface area contributed by atoms with Crippen LogP contribution >= 0.6 is 22.6 Å². The summed E-state index contributed by atoms with van der Waals surface area (Å²) in [5.41, 5.74) is 0. The molecule has 1 aliphatic heterocycles. The Hall–Kier alpha value is -0.920. The smallest absolute Gasteiger partial charge is 0.232 e. The van der Waals surface area contributed by atoms with Crippen molar-refractivity contribution in [3.63, 3.8) is 0 Å². The van der Waals surface area contributed by atoms with Gasteiger partial charge in [0.15, 0.2) is 0 Å². The standard InChI is InChI=1S/C8H8IN3O2/c9-6-2-10-12(4-6)3-5-1-7(13)11-8(5)14/h2,4-5H,1,3H2,(H,11,13,14)/t5-/m0/s1. The van der Waals surface area contributed by atoms with Crippen LogP contribution in [-0.2, 0) is 16.1 Å². The highest BCUT2D eigenvalue weighted by Gasteiger charge is 2.30. The van der Waals surface area contributed by atoms with Crippen molar-refractivity contribution in [3.8, 4) is 0 Å². The number of carbonyl (C=O) groups is 2. The van der Waals surface area contributed by atoms with Crippen molar-refractivity contribution in [2.45, 2.75) is 13.0 Å². The van der Waals surface area contributed by atoms with Gasteiger partial charge in [0, 0.05) is 12.6 Å². The van der Waals surface area contributed by atoms with Crippen LogP contribution in [0.1, 0.15) is 6.42 Å². The molecular formula is C8H8IN3O2. The first kappa shape index (κ1) is 9.63. The summed E-state index contributed by atoms with van der Waals surface area (Å²) < 4.78 is 2.71. The number of halogens is 1. The van der Waals surface area contributed by atoms with Crippen molar-refractivity contribution in [1.82, 2.24) is 15.1 Å². The Bertz CT molecular complexity index is 388. The van der Waals surface area contributed by atoms with E-state index in [4.69, 9.17) is 0 Å². The predicted octanol–water partition coefficient (Wildman–Crippen LogP) is 0.150. The maximum absolute atomic E-state index is 11.2. The van der Waals surface area contributed by atoms with E-state index in [9.17, 15) is 9.59 Å². The van der Waals surface area contributed by atoms with Crippen molar-refractivity contribution < 1.29 is 9.59 Å². The second-order valence-corrected chi connectivity index (χ2v) is 4.44. The first-order valence-electron chi connectivity index (χ1n) is 4.17. The Kier molecular flexibility index (Phi) is 2.53. The van der Waals surface area contributed by atoms with Gasteiger partial charge in [0.25, 0.3) is 0 Å². The number of amides is 2. The molecular weight excluding hydrogens is 297 g/mol. The zero-order chi connectivity index (χ0) is 10.1. The molecule has 1 fully saturated rings. The maximum atomic E-state index is 11.2. The molecule has 0 saturated carbocycles. The molecule has 0 aromatic carbocycles. The zero-order valence-corrected chi connectivity index (χ0v) is 9.39. The number of rotatable bonds is 2. The molecule has 74 valence electrons. The van der Waals surface area contributed by atoms with E-state index < -0.39 is 0 Å². The van der Waals surface area contributed by atoms with Crippen LogP contribution in [-0.4, -0.2) is 21.6 Å². The van der Waals surface area contributed by atoms with Crippen LogP contribution in [0.3, 0.4) is 0 Å². The van der Waals surface area contributed by atoms with Crippen LogP contribution in [0, 0.1) is 9.49 Å². The van der Waals surface area contributed by atoms with Crippen molar-refractivity contribution in [1.29, 1.82) is 0 Å². The van der Waals surface area contributed by atoms with Gasteiger partial charge in [0.05, 0.1) is 22.2 Å². The highest BCUT2D eigenvalue weighted by atomic mass is 127. The molecule has 1 saturated heterocycles. The molecule has 0 bridgehead atoms. The molecule has 5 nitrogen and oxygen atoms in total. The van der Waals surface area contributed by atoms with Crippen LogP contribution < -0.4 is 5.32 Å². The van der Waals surface area contributed by atoms with Gasteiger partial charge >= 0.3 is 0 Å². The number of imide groups is 1. The summed E-state index contributed by atoms with van der Waals surface area (Å²) in [6.07, 6.45) is 3.83. The molecule has 2 heterocycles. The van der Waals surface area contributed by atoms with Gasteiger partial charge in [-0.1, -0.05) is 0 Å². The minimum atomic E-state index is -0.266. The van der Waals surface area contributed by atoms with E-state index in [1.807, 2.05) is 6.20 Å². The van der Waals surface area contributed by atoms with Gasteiger partial charge in [-0.15, -0.1) is 0 Å². The number of nitrogens with zero attached hydrogens (tertiary/aromatic N) is 2. The highest BCUT2D eigenvalue weighted by molar-refractivity contribution is 14.1. The van der Waals surface area contributed by atoms with Gasteiger partial charge < -0.3 is 0 Å². The Labute approximate surface area is 94.0 Å². The average molecular weight is 305 g/mol. The Morgan fingerprint density at radius 3 is 2.93 bits per heavy atom. The largest absolute Gasteiger partial charge is 0.296 e. The van der Waals surface area contributed by atoms with Gasteiger partial charge in [-0.25, -0.2) is 0 Å². The van der Waals surface area contributed by atoms with E-state index in [0.29, 0.717) is 6.54 Å². The monoisotopic (exact) mass is 305 g/mol. The lowest BCUT2D eigenvalue weighted by Crippen LogP contribution is -2.24. The molecule has 0 spiro atoms. The average Bonchev–Trinajstić information content (AvgIpc) is 2.61. The Morgan fingerprint density at radius 2 is 2.43 bits per heavy atom. The van der Waals surface area contributed by atoms with Gasteiger partial charge in [0.1, 0.15) is 0 Å². The van der Waals surface area contributed by atoms with E-state index in [0.717, 1.165) is 3.57 Å². The SMILES string of the molecule is O=C1C[C@@H](Cn2cc(I)cn2)C(=O)N1. The van der Waals surface area contributed by atoms with Gasteiger partial charge in [-0.3, -0.25) is 19.6 Å². The molecule has 14 heavy (non-hydrogen) atoms. The molecule has 2 amide bonds. The van der Waals surface area contributed by atoms with Crippen molar-refractivity contribution in [2.75, 3.05) is 0 Å². The fraction of sp³-hybridized carbons (Fsp3) is 0.375. The van der Waals surface area contributed by atoms with E-state index in [1.54, 1.807) is 10.9 Å². The van der Waals surface area contributed by atoms with Gasteiger partial charge in [-0.05, 0) is 22.6 Å². The molecule has 0 aliphatic carbocycles. The lowest BCUT2D eigenvalue weighted by molar-refractivity contribution is -0.125. The van der Waals surface area contributed by atoms with Crippen molar-refractivity contribution in [3.05, 3.63) is 16.0 Å². The normalized spacial score (nSPS) is 21.4. The van der Waals surface area contributed by atoms with Crippen molar-refractivity contribution >= 4 is 34.4 Å². The molecule has 1 aromatic rings. The van der Waals surface area contributed by atoms with Gasteiger partial charge in [-0.2, -0.15) is 5.10 Å². The van der Waals surface area contributed by atoms with Crippen LogP contribution in [0.2, 0.25) is 0 Å². The lowest BCUT2D eigenvalue weighted by atomic mass is 10.1. The fourth-order valence-corrected chi connectivity index (χ4v) is 1.86. The quantitative estimate of drug-likeness (QED) is 0.625. The Morgan fingerprint density at radius 1 is 1.64 bits per heavy atom. The van der Waals surface area contributed by atoms with E-state index in [2.05, 4.69) is 33.0 Å². The third-order valence-corrected chi connectivity index (χ3v) is 2.63. The molecule has 1 atom stereocenters. The molecule has 0 unspecified atom stereocenters. The Balaban J connectivity index is 2.05. The molecule has 2 rings (SSSR count). The zero-order valence-electron chi connectivity index (χ0n) is 7.24. The molecule has 1 aliphatic rings. The molecule has 6 heteroatoms. The van der Waals surface area contributed by atoms with Crippen molar-refractivity contribution in [2.24, 2.45) is 5.92 Å².